The van der Waals surface area contributed by atoms with Crippen molar-refractivity contribution in [3.05, 3.63) is 29.8 Å². The van der Waals surface area contributed by atoms with Crippen LogP contribution in [0.25, 0.3) is 0 Å². The van der Waals surface area contributed by atoms with E-state index in [2.05, 4.69) is 12.2 Å². The summed E-state index contributed by atoms with van der Waals surface area (Å²) in [6.45, 7) is 2.48. The molecule has 1 unspecified atom stereocenters. The Morgan fingerprint density at radius 3 is 2.67 bits per heavy atom. The monoisotopic (exact) mass is 338 g/mol. The Kier molecular flexibility index (Phi) is 10.4. The van der Waals surface area contributed by atoms with Crippen LogP contribution < -0.4 is 11.1 Å². The molecule has 1 rings (SSSR count). The number of halogens is 3. The second-order valence-electron chi connectivity index (χ2n) is 4.51. The highest BCUT2D eigenvalue weighted by molar-refractivity contribution is 8.00. The molecular formula is C14H21ClF2N2OS. The van der Waals surface area contributed by atoms with E-state index in [4.69, 9.17) is 5.73 Å². The normalized spacial score (nSPS) is 11.6. The summed E-state index contributed by atoms with van der Waals surface area (Å²) < 4.78 is 25.8. The third-order valence-corrected chi connectivity index (χ3v) is 3.81. The average Bonchev–Trinajstić information content (AvgIpc) is 2.44. The summed E-state index contributed by atoms with van der Waals surface area (Å²) in [4.78, 5) is 12.3. The number of carbonyl (C=O) groups excluding carboxylic acids is 1. The SMILES string of the molecule is CCCCC(CN)NC(=O)CSc1ccc(F)c(F)c1.Cl. The van der Waals surface area contributed by atoms with Crippen LogP contribution in [-0.4, -0.2) is 24.2 Å². The molecule has 1 atom stereocenters. The van der Waals surface area contributed by atoms with Gasteiger partial charge in [-0.1, -0.05) is 19.8 Å². The minimum atomic E-state index is -0.904. The lowest BCUT2D eigenvalue weighted by Gasteiger charge is -2.16. The zero-order valence-corrected chi connectivity index (χ0v) is 13.5. The zero-order valence-electron chi connectivity index (χ0n) is 11.9. The Bertz CT molecular complexity index is 449. The van der Waals surface area contributed by atoms with Gasteiger partial charge in [-0.15, -0.1) is 24.2 Å². The molecule has 0 aliphatic carbocycles. The number of nitrogens with one attached hydrogen (secondary N) is 1. The second-order valence-corrected chi connectivity index (χ2v) is 5.56. The first-order valence-corrected chi connectivity index (χ1v) is 7.62. The van der Waals surface area contributed by atoms with Crippen LogP contribution in [0.1, 0.15) is 26.2 Å². The second kappa shape index (κ2) is 10.8. The minimum Gasteiger partial charge on any atom is -0.351 e. The van der Waals surface area contributed by atoms with Gasteiger partial charge in [-0.25, -0.2) is 8.78 Å². The summed E-state index contributed by atoms with van der Waals surface area (Å²) in [6, 6.07) is 3.58. The number of hydrogen-bond acceptors (Lipinski definition) is 3. The van der Waals surface area contributed by atoms with E-state index in [0.717, 1.165) is 31.4 Å². The van der Waals surface area contributed by atoms with Crippen molar-refractivity contribution in [2.75, 3.05) is 12.3 Å². The number of unbranched alkanes of at least 4 members (excludes halogenated alkanes) is 1. The molecule has 0 aliphatic rings. The Morgan fingerprint density at radius 1 is 1.38 bits per heavy atom. The fraction of sp³-hybridized carbons (Fsp3) is 0.500. The van der Waals surface area contributed by atoms with Gasteiger partial charge in [0.2, 0.25) is 5.91 Å². The first-order chi connectivity index (χ1) is 9.56. The molecule has 0 aromatic heterocycles. The number of hydrogen-bond donors (Lipinski definition) is 2. The summed E-state index contributed by atoms with van der Waals surface area (Å²) in [5.74, 6) is -1.78. The molecule has 7 heteroatoms. The molecule has 0 radical (unpaired) electrons. The van der Waals surface area contributed by atoms with Gasteiger partial charge in [-0.05, 0) is 24.6 Å². The Labute approximate surface area is 134 Å². The van der Waals surface area contributed by atoms with E-state index in [1.54, 1.807) is 0 Å². The first kappa shape index (κ1) is 20.1. The molecule has 3 N–H and O–H groups in total. The van der Waals surface area contributed by atoms with Gasteiger partial charge in [0.05, 0.1) is 5.75 Å². The van der Waals surface area contributed by atoms with Gasteiger partial charge in [0, 0.05) is 17.5 Å². The number of rotatable bonds is 8. The summed E-state index contributed by atoms with van der Waals surface area (Å²) in [6.07, 6.45) is 2.92. The van der Waals surface area contributed by atoms with Crippen molar-refractivity contribution < 1.29 is 13.6 Å². The molecule has 1 aromatic carbocycles. The maximum absolute atomic E-state index is 13.0. The highest BCUT2D eigenvalue weighted by Gasteiger charge is 2.11. The Balaban J connectivity index is 0.00000400. The average molecular weight is 339 g/mol. The third kappa shape index (κ3) is 7.64. The van der Waals surface area contributed by atoms with E-state index in [0.29, 0.717) is 11.4 Å². The van der Waals surface area contributed by atoms with Crippen LogP contribution in [-0.2, 0) is 4.79 Å². The fourth-order valence-electron chi connectivity index (χ4n) is 1.68. The van der Waals surface area contributed by atoms with Crippen molar-refractivity contribution in [1.29, 1.82) is 0 Å². The molecule has 0 fully saturated rings. The number of thioether (sulfide) groups is 1. The highest BCUT2D eigenvalue weighted by Crippen LogP contribution is 2.20. The molecule has 21 heavy (non-hydrogen) atoms. The van der Waals surface area contributed by atoms with Crippen LogP contribution in [0.15, 0.2) is 23.1 Å². The first-order valence-electron chi connectivity index (χ1n) is 6.64. The Hall–Kier alpha value is -0.850. The van der Waals surface area contributed by atoms with Gasteiger partial charge in [-0.2, -0.15) is 0 Å². The standard InChI is InChI=1S/C14H20F2N2OS.ClH/c1-2-3-4-10(8-17)18-14(19)9-20-11-5-6-12(15)13(16)7-11;/h5-7,10H,2-4,8-9,17H2,1H3,(H,18,19);1H. The van der Waals surface area contributed by atoms with Gasteiger partial charge in [0.15, 0.2) is 11.6 Å². The summed E-state index contributed by atoms with van der Waals surface area (Å²) in [5, 5.41) is 2.85. The van der Waals surface area contributed by atoms with Crippen molar-refractivity contribution >= 4 is 30.1 Å². The smallest absolute Gasteiger partial charge is 0.230 e. The maximum Gasteiger partial charge on any atom is 0.230 e. The van der Waals surface area contributed by atoms with Gasteiger partial charge < -0.3 is 11.1 Å². The summed E-state index contributed by atoms with van der Waals surface area (Å²) >= 11 is 1.17. The predicted molar refractivity (Wildman–Crippen MR) is 84.8 cm³/mol. The van der Waals surface area contributed by atoms with Crippen LogP contribution in [0, 0.1) is 11.6 Å². The molecule has 0 bridgehead atoms. The van der Waals surface area contributed by atoms with Crippen LogP contribution in [0.3, 0.4) is 0 Å². The number of amides is 1. The van der Waals surface area contributed by atoms with Crippen LogP contribution in [0.4, 0.5) is 8.78 Å². The zero-order chi connectivity index (χ0) is 15.0. The lowest BCUT2D eigenvalue weighted by molar-refractivity contribution is -0.119. The van der Waals surface area contributed by atoms with Crippen molar-refractivity contribution in [1.82, 2.24) is 5.32 Å². The molecule has 0 spiro atoms. The van der Waals surface area contributed by atoms with Crippen molar-refractivity contribution in [2.45, 2.75) is 37.1 Å². The molecule has 120 valence electrons. The quantitative estimate of drug-likeness (QED) is 0.716. The maximum atomic E-state index is 13.0. The molecule has 0 saturated carbocycles. The van der Waals surface area contributed by atoms with Gasteiger partial charge in [0.1, 0.15) is 0 Å². The molecule has 0 aliphatic heterocycles. The van der Waals surface area contributed by atoms with Crippen LogP contribution >= 0.6 is 24.2 Å². The number of nitrogens with two attached hydrogens (primary N) is 1. The summed E-state index contributed by atoms with van der Waals surface area (Å²) in [5.41, 5.74) is 5.59. The molecule has 1 amide bonds. The van der Waals surface area contributed by atoms with Crippen LogP contribution in [0.2, 0.25) is 0 Å². The van der Waals surface area contributed by atoms with Crippen molar-refractivity contribution in [3.8, 4) is 0 Å². The van der Waals surface area contributed by atoms with Gasteiger partial charge in [-0.3, -0.25) is 4.79 Å². The third-order valence-electron chi connectivity index (χ3n) is 2.82. The molecular weight excluding hydrogens is 318 g/mol. The number of benzene rings is 1. The van der Waals surface area contributed by atoms with Crippen LogP contribution in [0.5, 0.6) is 0 Å². The Morgan fingerprint density at radius 2 is 2.10 bits per heavy atom. The molecule has 0 saturated heterocycles. The van der Waals surface area contributed by atoms with Crippen molar-refractivity contribution in [2.24, 2.45) is 5.73 Å². The largest absolute Gasteiger partial charge is 0.351 e. The van der Waals surface area contributed by atoms with E-state index in [-0.39, 0.29) is 30.1 Å². The minimum absolute atomic E-state index is 0. The van der Waals surface area contributed by atoms with E-state index in [1.807, 2.05) is 0 Å². The summed E-state index contributed by atoms with van der Waals surface area (Å²) in [7, 11) is 0. The van der Waals surface area contributed by atoms with Gasteiger partial charge >= 0.3 is 0 Å². The van der Waals surface area contributed by atoms with E-state index < -0.39 is 11.6 Å². The van der Waals surface area contributed by atoms with E-state index in [9.17, 15) is 13.6 Å². The topological polar surface area (TPSA) is 55.1 Å². The molecule has 3 nitrogen and oxygen atoms in total. The lowest BCUT2D eigenvalue weighted by Crippen LogP contribution is -2.41. The molecule has 0 heterocycles. The number of carbonyl (C=O) groups is 1. The van der Waals surface area contributed by atoms with E-state index >= 15 is 0 Å². The predicted octanol–water partition coefficient (Wildman–Crippen LogP) is 3.11. The molecule has 1 aromatic rings. The van der Waals surface area contributed by atoms with Gasteiger partial charge in [0.25, 0.3) is 0 Å². The fourth-order valence-corrected chi connectivity index (χ4v) is 2.42. The van der Waals surface area contributed by atoms with Crippen molar-refractivity contribution in [3.63, 3.8) is 0 Å². The highest BCUT2D eigenvalue weighted by atomic mass is 35.5. The van der Waals surface area contributed by atoms with E-state index in [1.165, 1.54) is 17.8 Å². The lowest BCUT2D eigenvalue weighted by atomic mass is 10.1.